The molecule has 1 unspecified atom stereocenters. The summed E-state index contributed by atoms with van der Waals surface area (Å²) >= 11 is 0. The van der Waals surface area contributed by atoms with E-state index in [1.54, 1.807) is 13.0 Å². The smallest absolute Gasteiger partial charge is 0.367 e. The highest BCUT2D eigenvalue weighted by molar-refractivity contribution is 5.78. The van der Waals surface area contributed by atoms with Crippen LogP contribution in [0.25, 0.3) is 0 Å². The fourth-order valence-electron chi connectivity index (χ4n) is 5.31. The largest absolute Gasteiger partial charge is 0.410 e. The maximum Gasteiger partial charge on any atom is 0.410 e. The van der Waals surface area contributed by atoms with Gasteiger partial charge in [-0.25, -0.2) is 4.68 Å². The van der Waals surface area contributed by atoms with Crippen LogP contribution in [0.4, 0.5) is 19.0 Å². The number of carbonyl (C=O) groups excluding carboxylic acids is 1. The van der Waals surface area contributed by atoms with Crippen LogP contribution in [-0.4, -0.2) is 70.4 Å². The number of hydrogen-bond donors (Lipinski definition) is 1. The highest BCUT2D eigenvalue weighted by Gasteiger charge is 2.47. The number of rotatable bonds is 3. The zero-order valence-electron chi connectivity index (χ0n) is 17.8. The average molecular weight is 428 g/mol. The van der Waals surface area contributed by atoms with Crippen molar-refractivity contribution < 1.29 is 18.0 Å². The van der Waals surface area contributed by atoms with Gasteiger partial charge in [0.1, 0.15) is 5.82 Å². The summed E-state index contributed by atoms with van der Waals surface area (Å²) in [7, 11) is 0. The van der Waals surface area contributed by atoms with Gasteiger partial charge in [0.05, 0.1) is 12.2 Å². The molecule has 30 heavy (non-hydrogen) atoms. The van der Waals surface area contributed by atoms with Gasteiger partial charge in [-0.2, -0.15) is 18.3 Å². The number of fused-ring (bicyclic) bond motifs is 1. The number of nitrogens with one attached hydrogen (secondary N) is 1. The molecule has 4 rings (SSSR count). The van der Waals surface area contributed by atoms with Crippen LogP contribution in [-0.2, 0) is 4.79 Å². The van der Waals surface area contributed by atoms with E-state index in [9.17, 15) is 18.0 Å². The number of nitrogens with zero attached hydrogens (tertiary/aromatic N) is 4. The molecule has 1 N–H and O–H groups in total. The van der Waals surface area contributed by atoms with E-state index in [4.69, 9.17) is 0 Å². The molecule has 3 aliphatic heterocycles. The number of piperidine rings is 2. The molecule has 3 atom stereocenters. The number of carbonyl (C=O) groups is 1. The molecule has 0 bridgehead atoms. The Bertz CT molecular complexity index is 756. The second-order valence-corrected chi connectivity index (χ2v) is 9.36. The van der Waals surface area contributed by atoms with Gasteiger partial charge in [-0.3, -0.25) is 9.69 Å². The summed E-state index contributed by atoms with van der Waals surface area (Å²) in [6.45, 7) is 7.60. The standard InChI is InChI=1S/C21H32F3N5O/c1-14-4-3-7-27(12-14)13-20(30)28-8-5-16(6-9-28)17-11-18(21(22,23)24)29-19(25-17)10-15(2)26-29/h10,14,16-18,25H,3-9,11-13H2,1-2H3/t14?,17-,18+/m0/s1. The molecule has 0 radical (unpaired) electrons. The van der Waals surface area contributed by atoms with Gasteiger partial charge in [-0.1, -0.05) is 6.92 Å². The number of anilines is 1. The molecule has 9 heteroatoms. The maximum atomic E-state index is 13.6. The highest BCUT2D eigenvalue weighted by atomic mass is 19.4. The Morgan fingerprint density at radius 1 is 1.23 bits per heavy atom. The van der Waals surface area contributed by atoms with Crippen LogP contribution >= 0.6 is 0 Å². The Morgan fingerprint density at radius 2 is 1.97 bits per heavy atom. The Hall–Kier alpha value is -1.77. The first-order chi connectivity index (χ1) is 14.2. The van der Waals surface area contributed by atoms with E-state index >= 15 is 0 Å². The molecule has 0 saturated carbocycles. The number of likely N-dealkylation sites (tertiary alicyclic amines) is 2. The molecule has 168 valence electrons. The van der Waals surface area contributed by atoms with E-state index < -0.39 is 12.2 Å². The minimum Gasteiger partial charge on any atom is -0.367 e. The van der Waals surface area contributed by atoms with Crippen molar-refractivity contribution in [3.05, 3.63) is 11.8 Å². The van der Waals surface area contributed by atoms with Gasteiger partial charge in [0.2, 0.25) is 5.91 Å². The van der Waals surface area contributed by atoms with E-state index in [2.05, 4.69) is 22.2 Å². The number of hydrogen-bond acceptors (Lipinski definition) is 4. The predicted octanol–water partition coefficient (Wildman–Crippen LogP) is 3.45. The zero-order chi connectivity index (χ0) is 21.5. The van der Waals surface area contributed by atoms with Crippen molar-refractivity contribution in [1.29, 1.82) is 0 Å². The highest BCUT2D eigenvalue weighted by Crippen LogP contribution is 2.42. The predicted molar refractivity (Wildman–Crippen MR) is 108 cm³/mol. The molecule has 2 fully saturated rings. The third-order valence-electron chi connectivity index (χ3n) is 6.90. The van der Waals surface area contributed by atoms with Gasteiger partial charge >= 0.3 is 6.18 Å². The fraction of sp³-hybridized carbons (Fsp3) is 0.810. The number of halogens is 3. The second-order valence-electron chi connectivity index (χ2n) is 9.36. The summed E-state index contributed by atoms with van der Waals surface area (Å²) in [5.74, 6) is 1.36. The molecule has 1 aromatic heterocycles. The van der Waals surface area contributed by atoms with E-state index in [1.165, 1.54) is 6.42 Å². The van der Waals surface area contributed by atoms with Crippen LogP contribution in [0.1, 0.15) is 50.8 Å². The van der Waals surface area contributed by atoms with E-state index in [1.807, 2.05) is 4.90 Å². The van der Waals surface area contributed by atoms with Gasteiger partial charge in [-0.05, 0) is 57.4 Å². The minimum absolute atomic E-state index is 0.0120. The third kappa shape index (κ3) is 4.60. The van der Waals surface area contributed by atoms with Crippen molar-refractivity contribution in [2.24, 2.45) is 11.8 Å². The average Bonchev–Trinajstić information content (AvgIpc) is 3.06. The first-order valence-electron chi connectivity index (χ1n) is 11.1. The quantitative estimate of drug-likeness (QED) is 0.803. The summed E-state index contributed by atoms with van der Waals surface area (Å²) in [6.07, 6.45) is -0.505. The molecular formula is C21H32F3N5O. The summed E-state index contributed by atoms with van der Waals surface area (Å²) < 4.78 is 42.0. The SMILES string of the molecule is Cc1cc2n(n1)[C@@H](C(F)(F)F)C[C@@H](C1CCN(C(=O)CN3CCCC(C)C3)CC1)N2. The molecule has 0 aromatic carbocycles. The second kappa shape index (κ2) is 8.40. The van der Waals surface area contributed by atoms with Crippen molar-refractivity contribution in [3.8, 4) is 0 Å². The lowest BCUT2D eigenvalue weighted by Crippen LogP contribution is -2.49. The van der Waals surface area contributed by atoms with Crippen LogP contribution in [0.5, 0.6) is 0 Å². The normalized spacial score (nSPS) is 28.8. The van der Waals surface area contributed by atoms with E-state index in [-0.39, 0.29) is 24.3 Å². The monoisotopic (exact) mass is 427 g/mol. The van der Waals surface area contributed by atoms with Crippen LogP contribution in [0.2, 0.25) is 0 Å². The Kier molecular flexibility index (Phi) is 6.01. The minimum atomic E-state index is -4.32. The summed E-state index contributed by atoms with van der Waals surface area (Å²) in [5, 5.41) is 7.34. The van der Waals surface area contributed by atoms with Crippen LogP contribution in [0.15, 0.2) is 6.07 Å². The number of aromatic nitrogens is 2. The maximum absolute atomic E-state index is 13.6. The molecule has 2 saturated heterocycles. The molecule has 1 aromatic rings. The third-order valence-corrected chi connectivity index (χ3v) is 6.90. The van der Waals surface area contributed by atoms with Crippen molar-refractivity contribution in [2.45, 2.75) is 64.2 Å². The van der Waals surface area contributed by atoms with Crippen molar-refractivity contribution in [3.63, 3.8) is 0 Å². The first-order valence-corrected chi connectivity index (χ1v) is 11.1. The van der Waals surface area contributed by atoms with Gasteiger partial charge in [0.15, 0.2) is 6.04 Å². The van der Waals surface area contributed by atoms with Crippen molar-refractivity contribution >= 4 is 11.7 Å². The molecule has 3 aliphatic rings. The lowest BCUT2D eigenvalue weighted by atomic mass is 9.84. The molecule has 1 amide bonds. The molecular weight excluding hydrogens is 395 g/mol. The summed E-state index contributed by atoms with van der Waals surface area (Å²) in [4.78, 5) is 16.8. The van der Waals surface area contributed by atoms with E-state index in [0.717, 1.165) is 37.0 Å². The lowest BCUT2D eigenvalue weighted by Gasteiger charge is -2.41. The summed E-state index contributed by atoms with van der Waals surface area (Å²) in [6, 6.07) is -0.156. The zero-order valence-corrected chi connectivity index (χ0v) is 17.8. The van der Waals surface area contributed by atoms with E-state index in [0.29, 0.717) is 37.1 Å². The fourth-order valence-corrected chi connectivity index (χ4v) is 5.31. The first kappa shape index (κ1) is 21.5. The van der Waals surface area contributed by atoms with Crippen molar-refractivity contribution in [2.75, 3.05) is 38.0 Å². The van der Waals surface area contributed by atoms with Gasteiger partial charge in [-0.15, -0.1) is 0 Å². The molecule has 0 aliphatic carbocycles. The van der Waals surface area contributed by atoms with Gasteiger partial charge in [0.25, 0.3) is 0 Å². The van der Waals surface area contributed by atoms with Gasteiger partial charge in [0, 0.05) is 31.7 Å². The Labute approximate surface area is 175 Å². The van der Waals surface area contributed by atoms with Gasteiger partial charge < -0.3 is 10.2 Å². The topological polar surface area (TPSA) is 53.4 Å². The van der Waals surface area contributed by atoms with Crippen LogP contribution in [0, 0.1) is 18.8 Å². The number of alkyl halides is 3. The summed E-state index contributed by atoms with van der Waals surface area (Å²) in [5.41, 5.74) is 0.583. The van der Waals surface area contributed by atoms with Crippen LogP contribution < -0.4 is 5.32 Å². The lowest BCUT2D eigenvalue weighted by molar-refractivity contribution is -0.174. The number of amides is 1. The Morgan fingerprint density at radius 3 is 2.63 bits per heavy atom. The molecule has 0 spiro atoms. The van der Waals surface area contributed by atoms with Crippen LogP contribution in [0.3, 0.4) is 0 Å². The number of aryl methyl sites for hydroxylation is 1. The Balaban J connectivity index is 1.34. The molecule has 6 nitrogen and oxygen atoms in total. The van der Waals surface area contributed by atoms with Crippen molar-refractivity contribution in [1.82, 2.24) is 19.6 Å². The molecule has 4 heterocycles.